The maximum absolute atomic E-state index is 6.56. The minimum atomic E-state index is 0.00482. The predicted octanol–water partition coefficient (Wildman–Crippen LogP) is 3.90. The second-order valence-corrected chi connectivity index (χ2v) is 7.82. The van der Waals surface area contributed by atoms with Gasteiger partial charge in [0, 0.05) is 10.5 Å². The molecule has 1 saturated carbocycles. The van der Waals surface area contributed by atoms with Crippen molar-refractivity contribution in [1.82, 2.24) is 0 Å². The smallest absolute Gasteiger partial charge is 0.162 e. The van der Waals surface area contributed by atoms with Gasteiger partial charge in [-0.25, -0.2) is 0 Å². The average molecular weight is 340 g/mol. The van der Waals surface area contributed by atoms with Gasteiger partial charge in [0.15, 0.2) is 11.5 Å². The number of rotatable bonds is 2. The van der Waals surface area contributed by atoms with Crippen LogP contribution in [0.25, 0.3) is 0 Å². The number of halogens is 1. The van der Waals surface area contributed by atoms with E-state index >= 15 is 0 Å². The molecule has 3 rings (SSSR count). The molecule has 2 N–H and O–H groups in total. The number of fused-ring (bicyclic) bond motifs is 1. The summed E-state index contributed by atoms with van der Waals surface area (Å²) < 4.78 is 12.3. The summed E-state index contributed by atoms with van der Waals surface area (Å²) in [5.74, 6) is 2.07. The molecule has 0 amide bonds. The van der Waals surface area contributed by atoms with Crippen molar-refractivity contribution in [1.29, 1.82) is 0 Å². The van der Waals surface area contributed by atoms with Crippen LogP contribution in [0.1, 0.15) is 39.3 Å². The number of hydrogen-bond acceptors (Lipinski definition) is 3. The summed E-state index contributed by atoms with van der Waals surface area (Å²) >= 11 is 3.63. The summed E-state index contributed by atoms with van der Waals surface area (Å²) in [6.45, 7) is 10.4. The molecule has 0 bridgehead atoms. The van der Waals surface area contributed by atoms with Gasteiger partial charge in [-0.2, -0.15) is 0 Å². The van der Waals surface area contributed by atoms with E-state index in [0.717, 1.165) is 21.5 Å². The third kappa shape index (κ3) is 1.88. The van der Waals surface area contributed by atoms with Gasteiger partial charge < -0.3 is 15.2 Å². The van der Waals surface area contributed by atoms with Gasteiger partial charge in [-0.05, 0) is 34.4 Å². The highest BCUT2D eigenvalue weighted by Crippen LogP contribution is 2.72. The average Bonchev–Trinajstić information content (AvgIpc) is 2.78. The van der Waals surface area contributed by atoms with Crippen LogP contribution < -0.4 is 15.2 Å². The maximum Gasteiger partial charge on any atom is 0.162 e. The first-order valence-corrected chi connectivity index (χ1v) is 7.90. The van der Waals surface area contributed by atoms with E-state index in [0.29, 0.717) is 19.1 Å². The van der Waals surface area contributed by atoms with Crippen LogP contribution >= 0.6 is 15.9 Å². The van der Waals surface area contributed by atoms with Gasteiger partial charge in [0.25, 0.3) is 0 Å². The molecule has 1 aromatic rings. The number of nitrogens with two attached hydrogens (primary N) is 1. The Morgan fingerprint density at radius 1 is 1.10 bits per heavy atom. The van der Waals surface area contributed by atoms with Crippen molar-refractivity contribution in [3.63, 3.8) is 0 Å². The largest absolute Gasteiger partial charge is 0.486 e. The molecular formula is C16H22BrNO2. The van der Waals surface area contributed by atoms with Gasteiger partial charge in [0.05, 0.1) is 0 Å². The van der Waals surface area contributed by atoms with Gasteiger partial charge in [-0.15, -0.1) is 0 Å². The Morgan fingerprint density at radius 3 is 2.10 bits per heavy atom. The zero-order valence-corrected chi connectivity index (χ0v) is 14.1. The molecule has 1 aromatic carbocycles. The van der Waals surface area contributed by atoms with Crippen LogP contribution in [0.5, 0.6) is 11.5 Å². The molecule has 110 valence electrons. The molecule has 20 heavy (non-hydrogen) atoms. The highest BCUT2D eigenvalue weighted by molar-refractivity contribution is 9.10. The molecule has 2 aliphatic rings. The Hall–Kier alpha value is -0.740. The van der Waals surface area contributed by atoms with Gasteiger partial charge in [-0.1, -0.05) is 43.6 Å². The van der Waals surface area contributed by atoms with Crippen molar-refractivity contribution in [2.75, 3.05) is 13.2 Å². The summed E-state index contributed by atoms with van der Waals surface area (Å²) in [6.07, 6.45) is 0. The normalized spacial score (nSPS) is 24.3. The summed E-state index contributed by atoms with van der Waals surface area (Å²) in [5.41, 5.74) is 8.19. The zero-order chi connectivity index (χ0) is 14.7. The fraction of sp³-hybridized carbons (Fsp3) is 0.625. The van der Waals surface area contributed by atoms with Gasteiger partial charge in [-0.3, -0.25) is 0 Å². The van der Waals surface area contributed by atoms with Crippen LogP contribution in [0.2, 0.25) is 0 Å². The van der Waals surface area contributed by atoms with E-state index in [-0.39, 0.29) is 16.9 Å². The fourth-order valence-electron chi connectivity index (χ4n) is 3.66. The van der Waals surface area contributed by atoms with E-state index in [1.54, 1.807) is 0 Å². The van der Waals surface area contributed by atoms with Crippen LogP contribution in [0.15, 0.2) is 16.6 Å². The number of benzene rings is 1. The minimum Gasteiger partial charge on any atom is -0.486 e. The topological polar surface area (TPSA) is 44.5 Å². The lowest BCUT2D eigenvalue weighted by Crippen LogP contribution is -2.19. The highest BCUT2D eigenvalue weighted by Gasteiger charge is 2.66. The molecule has 1 atom stereocenters. The third-order valence-electron chi connectivity index (χ3n) is 5.51. The fourth-order valence-corrected chi connectivity index (χ4v) is 4.25. The first-order chi connectivity index (χ1) is 9.26. The molecule has 0 saturated heterocycles. The van der Waals surface area contributed by atoms with Crippen LogP contribution in [-0.4, -0.2) is 13.2 Å². The molecule has 0 spiro atoms. The SMILES string of the molecule is CC1(C)C(C(N)c2cc3c(cc2Br)OCCO3)C1(C)C. The van der Waals surface area contributed by atoms with Crippen LogP contribution in [0.3, 0.4) is 0 Å². The van der Waals surface area contributed by atoms with E-state index in [2.05, 4.69) is 43.6 Å². The van der Waals surface area contributed by atoms with Crippen molar-refractivity contribution in [3.05, 3.63) is 22.2 Å². The molecular weight excluding hydrogens is 318 g/mol. The molecule has 4 heteroatoms. The Labute approximate surface area is 129 Å². The molecule has 1 aliphatic heterocycles. The van der Waals surface area contributed by atoms with Crippen molar-refractivity contribution >= 4 is 15.9 Å². The second kappa shape index (κ2) is 4.38. The van der Waals surface area contributed by atoms with E-state index in [9.17, 15) is 0 Å². The molecule has 1 fully saturated rings. The van der Waals surface area contributed by atoms with E-state index in [1.807, 2.05) is 12.1 Å². The van der Waals surface area contributed by atoms with Crippen LogP contribution in [0.4, 0.5) is 0 Å². The molecule has 1 heterocycles. The Bertz CT molecular complexity index is 540. The lowest BCUT2D eigenvalue weighted by Gasteiger charge is -2.22. The quantitative estimate of drug-likeness (QED) is 0.888. The standard InChI is InChI=1S/C16H22BrNO2/c1-15(2)14(16(15,3)4)13(18)9-7-11-12(8-10(9)17)20-6-5-19-11/h7-8,13-14H,5-6,18H2,1-4H3. The van der Waals surface area contributed by atoms with Gasteiger partial charge >= 0.3 is 0 Å². The molecule has 1 unspecified atom stereocenters. The van der Waals surface area contributed by atoms with Gasteiger partial charge in [0.1, 0.15) is 13.2 Å². The Balaban J connectivity index is 1.95. The molecule has 0 radical (unpaired) electrons. The highest BCUT2D eigenvalue weighted by atomic mass is 79.9. The minimum absolute atomic E-state index is 0.00482. The van der Waals surface area contributed by atoms with Crippen molar-refractivity contribution in [2.45, 2.75) is 33.7 Å². The molecule has 1 aliphatic carbocycles. The zero-order valence-electron chi connectivity index (χ0n) is 12.5. The number of ether oxygens (including phenoxy) is 2. The summed E-state index contributed by atoms with van der Waals surface area (Å²) in [7, 11) is 0. The Morgan fingerprint density at radius 2 is 1.60 bits per heavy atom. The van der Waals surface area contributed by atoms with Crippen molar-refractivity contribution in [3.8, 4) is 11.5 Å². The summed E-state index contributed by atoms with van der Waals surface area (Å²) in [5, 5.41) is 0. The first-order valence-electron chi connectivity index (χ1n) is 7.11. The van der Waals surface area contributed by atoms with Crippen LogP contribution in [-0.2, 0) is 0 Å². The van der Waals surface area contributed by atoms with Crippen molar-refractivity contribution < 1.29 is 9.47 Å². The monoisotopic (exact) mass is 339 g/mol. The Kier molecular flexibility index (Phi) is 3.11. The lowest BCUT2D eigenvalue weighted by atomic mass is 9.97. The van der Waals surface area contributed by atoms with Gasteiger partial charge in [0.2, 0.25) is 0 Å². The van der Waals surface area contributed by atoms with E-state index < -0.39 is 0 Å². The van der Waals surface area contributed by atoms with E-state index in [4.69, 9.17) is 15.2 Å². The van der Waals surface area contributed by atoms with Crippen LogP contribution in [0, 0.1) is 16.7 Å². The maximum atomic E-state index is 6.56. The van der Waals surface area contributed by atoms with E-state index in [1.165, 1.54) is 0 Å². The predicted molar refractivity (Wildman–Crippen MR) is 83.1 cm³/mol. The molecule has 3 nitrogen and oxygen atoms in total. The summed E-state index contributed by atoms with van der Waals surface area (Å²) in [6, 6.07) is 4.02. The van der Waals surface area contributed by atoms with Crippen molar-refractivity contribution in [2.24, 2.45) is 22.5 Å². The lowest BCUT2D eigenvalue weighted by molar-refractivity contribution is 0.171. The number of hydrogen-bond donors (Lipinski definition) is 1. The first kappa shape index (κ1) is 14.2. The summed E-state index contributed by atoms with van der Waals surface area (Å²) in [4.78, 5) is 0. The second-order valence-electron chi connectivity index (χ2n) is 6.96. The molecule has 0 aromatic heterocycles. The third-order valence-corrected chi connectivity index (χ3v) is 6.20.